The van der Waals surface area contributed by atoms with Crippen LogP contribution in [0.3, 0.4) is 0 Å². The lowest BCUT2D eigenvalue weighted by molar-refractivity contribution is -0.122. The van der Waals surface area contributed by atoms with Crippen LogP contribution in [0.1, 0.15) is 21.9 Å². The van der Waals surface area contributed by atoms with Gasteiger partial charge in [-0.2, -0.15) is 0 Å². The number of ether oxygens (including phenoxy) is 1. The summed E-state index contributed by atoms with van der Waals surface area (Å²) in [7, 11) is 0. The molecule has 2 aliphatic rings. The maximum absolute atomic E-state index is 13.9. The summed E-state index contributed by atoms with van der Waals surface area (Å²) in [4.78, 5) is 56.7. The first-order valence-corrected chi connectivity index (χ1v) is 14.1. The van der Waals surface area contributed by atoms with Gasteiger partial charge in [-0.3, -0.25) is 19.2 Å². The molecule has 4 aromatic rings. The third-order valence-corrected chi connectivity index (χ3v) is 9.22. The van der Waals surface area contributed by atoms with Crippen molar-refractivity contribution in [1.82, 2.24) is 4.98 Å². The minimum absolute atomic E-state index is 0.277. The minimum Gasteiger partial charge on any atom is -0.483 e. The minimum atomic E-state index is -0.840. The monoisotopic (exact) mass is 575 g/mol. The number of imide groups is 1. The van der Waals surface area contributed by atoms with Crippen molar-refractivity contribution in [2.45, 2.75) is 23.1 Å². The van der Waals surface area contributed by atoms with Gasteiger partial charge in [-0.15, -0.1) is 0 Å². The van der Waals surface area contributed by atoms with Crippen molar-refractivity contribution in [2.75, 3.05) is 16.8 Å². The third kappa shape index (κ3) is 4.71. The second kappa shape index (κ2) is 10.4. The van der Waals surface area contributed by atoms with Gasteiger partial charge < -0.3 is 15.0 Å². The molecule has 11 heteroatoms. The lowest BCUT2D eigenvalue weighted by Crippen LogP contribution is -2.32. The van der Waals surface area contributed by atoms with Crippen molar-refractivity contribution in [1.29, 1.82) is 0 Å². The third-order valence-electron chi connectivity index (χ3n) is 6.82. The first kappa shape index (κ1) is 26.0. The van der Waals surface area contributed by atoms with Crippen LogP contribution in [0, 0.1) is 18.7 Å². The average Bonchev–Trinajstić information content (AvgIpc) is 3.42. The summed E-state index contributed by atoms with van der Waals surface area (Å²) >= 11 is 2.13. The molecule has 0 bridgehead atoms. The molecule has 40 heavy (non-hydrogen) atoms. The molecule has 3 amide bonds. The SMILES string of the molecule is Cc1cccc(NC(=O)COc2ccccc2[C@@H]2c3sc(=O)[nH]c3S[C@H]3C(=O)N(c4ccc(F)cc4)C(=O)[C@@H]23)c1. The Morgan fingerprint density at radius 3 is 2.58 bits per heavy atom. The molecule has 1 aromatic heterocycles. The lowest BCUT2D eigenvalue weighted by atomic mass is 9.82. The number of anilines is 2. The molecule has 1 fully saturated rings. The van der Waals surface area contributed by atoms with E-state index in [0.29, 0.717) is 26.9 Å². The molecule has 0 unspecified atom stereocenters. The summed E-state index contributed by atoms with van der Waals surface area (Å²) in [5.41, 5.74) is 2.51. The zero-order chi connectivity index (χ0) is 28.0. The van der Waals surface area contributed by atoms with Crippen LogP contribution >= 0.6 is 23.1 Å². The van der Waals surface area contributed by atoms with Crippen LogP contribution in [0.15, 0.2) is 82.6 Å². The van der Waals surface area contributed by atoms with Gasteiger partial charge in [0.1, 0.15) is 16.8 Å². The standard InChI is InChI=1S/C29H22FN3O5S2/c1-15-5-4-6-17(13-15)31-21(34)14-38-20-8-3-2-7-19(20)22-23-25(39-26-24(22)40-29(37)32-26)28(36)33(27(23)35)18-11-9-16(30)10-12-18/h2-13,22-23,25H,14H2,1H3,(H,31,34)(H,32,37)/t22-,23-,25+/m0/s1. The topological polar surface area (TPSA) is 109 Å². The number of rotatable bonds is 6. The number of thioether (sulfide) groups is 1. The lowest BCUT2D eigenvalue weighted by Gasteiger charge is -2.30. The number of hydrogen-bond acceptors (Lipinski definition) is 7. The van der Waals surface area contributed by atoms with Gasteiger partial charge >= 0.3 is 4.87 Å². The second-order valence-electron chi connectivity index (χ2n) is 9.48. The van der Waals surface area contributed by atoms with E-state index in [2.05, 4.69) is 10.3 Å². The summed E-state index contributed by atoms with van der Waals surface area (Å²) in [6, 6.07) is 19.6. The van der Waals surface area contributed by atoms with Crippen molar-refractivity contribution < 1.29 is 23.5 Å². The zero-order valence-electron chi connectivity index (χ0n) is 21.1. The maximum atomic E-state index is 13.9. The Morgan fingerprint density at radius 1 is 1.02 bits per heavy atom. The summed E-state index contributed by atoms with van der Waals surface area (Å²) in [6.45, 7) is 1.64. The Balaban J connectivity index is 1.34. The number of aromatic amines is 1. The highest BCUT2D eigenvalue weighted by atomic mass is 32.2. The van der Waals surface area contributed by atoms with E-state index in [4.69, 9.17) is 4.74 Å². The molecule has 3 atom stereocenters. The maximum Gasteiger partial charge on any atom is 0.305 e. The van der Waals surface area contributed by atoms with Gasteiger partial charge in [0.15, 0.2) is 6.61 Å². The molecular weight excluding hydrogens is 553 g/mol. The largest absolute Gasteiger partial charge is 0.483 e. The van der Waals surface area contributed by atoms with Gasteiger partial charge in [-0.05, 0) is 55.0 Å². The van der Waals surface area contributed by atoms with E-state index in [1.165, 1.54) is 24.3 Å². The number of carbonyl (C=O) groups excluding carboxylic acids is 3. The molecule has 3 heterocycles. The van der Waals surface area contributed by atoms with E-state index >= 15 is 0 Å². The second-order valence-corrected chi connectivity index (χ2v) is 11.6. The van der Waals surface area contributed by atoms with Gasteiger partial charge in [0.05, 0.1) is 16.6 Å². The van der Waals surface area contributed by atoms with Crippen molar-refractivity contribution in [3.05, 3.63) is 104 Å². The number of thiazole rings is 1. The molecule has 6 rings (SSSR count). The summed E-state index contributed by atoms with van der Waals surface area (Å²) in [6.07, 6.45) is 0. The fraction of sp³-hybridized carbons (Fsp3) is 0.172. The van der Waals surface area contributed by atoms with Crippen molar-refractivity contribution in [3.63, 3.8) is 0 Å². The fourth-order valence-electron chi connectivity index (χ4n) is 5.13. The van der Waals surface area contributed by atoms with Crippen molar-refractivity contribution in [2.24, 2.45) is 5.92 Å². The summed E-state index contributed by atoms with van der Waals surface area (Å²) < 4.78 is 19.5. The number of amides is 3. The highest BCUT2D eigenvalue weighted by Crippen LogP contribution is 2.54. The molecule has 0 spiro atoms. The van der Waals surface area contributed by atoms with E-state index in [-0.39, 0.29) is 23.1 Å². The summed E-state index contributed by atoms with van der Waals surface area (Å²) in [5, 5.41) is 2.52. The Kier molecular flexibility index (Phi) is 6.77. The summed E-state index contributed by atoms with van der Waals surface area (Å²) in [5.74, 6) is -2.88. The number of halogens is 1. The molecule has 202 valence electrons. The fourth-order valence-corrected chi connectivity index (χ4v) is 7.63. The highest BCUT2D eigenvalue weighted by Gasteiger charge is 2.56. The number of nitrogens with zero attached hydrogens (tertiary/aromatic N) is 1. The number of aromatic nitrogens is 1. The van der Waals surface area contributed by atoms with Crippen LogP contribution in [0.2, 0.25) is 0 Å². The first-order chi connectivity index (χ1) is 19.3. The van der Waals surface area contributed by atoms with Gasteiger partial charge in [-0.25, -0.2) is 9.29 Å². The Hall–Kier alpha value is -4.22. The first-order valence-electron chi connectivity index (χ1n) is 12.4. The van der Waals surface area contributed by atoms with Crippen molar-refractivity contribution >= 4 is 52.2 Å². The number of carbonyl (C=O) groups is 3. The van der Waals surface area contributed by atoms with Gasteiger partial charge in [0.2, 0.25) is 11.8 Å². The molecule has 0 saturated carbocycles. The number of fused-ring (bicyclic) bond motifs is 2. The van der Waals surface area contributed by atoms with Crippen LogP contribution in [0.4, 0.5) is 15.8 Å². The number of benzene rings is 3. The smallest absolute Gasteiger partial charge is 0.305 e. The quantitative estimate of drug-likeness (QED) is 0.323. The molecule has 2 aliphatic heterocycles. The average molecular weight is 576 g/mol. The number of aryl methyl sites for hydroxylation is 1. The van der Waals surface area contributed by atoms with E-state index in [9.17, 15) is 23.6 Å². The molecular formula is C29H22FN3O5S2. The highest BCUT2D eigenvalue weighted by molar-refractivity contribution is 8.00. The number of para-hydroxylation sites is 1. The number of H-pyrrole nitrogens is 1. The molecule has 1 saturated heterocycles. The molecule has 2 N–H and O–H groups in total. The van der Waals surface area contributed by atoms with E-state index in [0.717, 1.165) is 33.6 Å². The van der Waals surface area contributed by atoms with Crippen LogP contribution in [0.25, 0.3) is 0 Å². The van der Waals surface area contributed by atoms with E-state index < -0.39 is 34.7 Å². The zero-order valence-corrected chi connectivity index (χ0v) is 22.7. The van der Waals surface area contributed by atoms with Crippen LogP contribution < -0.4 is 19.8 Å². The predicted molar refractivity (Wildman–Crippen MR) is 151 cm³/mol. The van der Waals surface area contributed by atoms with Crippen LogP contribution in [0.5, 0.6) is 5.75 Å². The van der Waals surface area contributed by atoms with Gasteiger partial charge in [-0.1, -0.05) is 53.4 Å². The predicted octanol–water partition coefficient (Wildman–Crippen LogP) is 4.70. The normalized spacial score (nSPS) is 19.8. The van der Waals surface area contributed by atoms with Crippen LogP contribution in [-0.2, 0) is 14.4 Å². The molecule has 0 aliphatic carbocycles. The Bertz CT molecular complexity index is 1700. The Labute approximate surface area is 236 Å². The molecule has 3 aromatic carbocycles. The van der Waals surface area contributed by atoms with E-state index in [1.807, 2.05) is 25.1 Å². The number of hydrogen-bond donors (Lipinski definition) is 2. The van der Waals surface area contributed by atoms with E-state index in [1.54, 1.807) is 30.3 Å². The molecule has 8 nitrogen and oxygen atoms in total. The number of nitrogens with one attached hydrogen (secondary N) is 2. The van der Waals surface area contributed by atoms with Crippen LogP contribution in [-0.4, -0.2) is 34.6 Å². The molecule has 0 radical (unpaired) electrons. The van der Waals surface area contributed by atoms with Gasteiger partial charge in [0.25, 0.3) is 5.91 Å². The van der Waals surface area contributed by atoms with Gasteiger partial charge in [0, 0.05) is 22.0 Å². The van der Waals surface area contributed by atoms with Crippen molar-refractivity contribution in [3.8, 4) is 5.75 Å². The Morgan fingerprint density at radius 2 is 1.80 bits per heavy atom.